The zero-order chi connectivity index (χ0) is 12.0. The first-order valence-electron chi connectivity index (χ1n) is 5.68. The van der Waals surface area contributed by atoms with Gasteiger partial charge < -0.3 is 4.90 Å². The van der Waals surface area contributed by atoms with Crippen molar-refractivity contribution < 1.29 is 0 Å². The maximum Gasteiger partial charge on any atom is 0.0357 e. The molecule has 0 aromatic heterocycles. The average molecular weight is 235 g/mol. The Kier molecular flexibility index (Phi) is 5.47. The molecule has 0 amide bonds. The highest BCUT2D eigenvalue weighted by Gasteiger charge is 2.09. The van der Waals surface area contributed by atoms with E-state index in [0.29, 0.717) is 0 Å². The Morgan fingerprint density at radius 1 is 1.50 bits per heavy atom. The highest BCUT2D eigenvalue weighted by Crippen LogP contribution is 2.32. The molecule has 0 spiro atoms. The maximum atomic E-state index is 2.31. The molecule has 0 fully saturated rings. The lowest BCUT2D eigenvalue weighted by atomic mass is 10.3. The van der Waals surface area contributed by atoms with E-state index < -0.39 is 0 Å². The van der Waals surface area contributed by atoms with Crippen LogP contribution < -0.4 is 0 Å². The molecule has 0 aromatic rings. The summed E-state index contributed by atoms with van der Waals surface area (Å²) in [6.45, 7) is 4.31. The van der Waals surface area contributed by atoms with E-state index in [-0.39, 0.29) is 0 Å². The molecule has 1 unspecified atom stereocenters. The lowest BCUT2D eigenvalue weighted by Crippen LogP contribution is -2.08. The Bertz CT molecular complexity index is 335. The van der Waals surface area contributed by atoms with Gasteiger partial charge in [0.05, 0.1) is 0 Å². The summed E-state index contributed by atoms with van der Waals surface area (Å²) in [4.78, 5) is 3.51. The Hall–Kier alpha value is -0.890. The van der Waals surface area contributed by atoms with Gasteiger partial charge in [-0.15, -0.1) is 11.8 Å². The lowest BCUT2D eigenvalue weighted by Gasteiger charge is -2.12. The van der Waals surface area contributed by atoms with Crippen molar-refractivity contribution in [2.75, 3.05) is 14.1 Å². The molecular weight excluding hydrogens is 214 g/mol. The normalized spacial score (nSPS) is 22.1. The van der Waals surface area contributed by atoms with Crippen LogP contribution in [0.3, 0.4) is 0 Å². The summed E-state index contributed by atoms with van der Waals surface area (Å²) in [6, 6.07) is 0. The van der Waals surface area contributed by atoms with Gasteiger partial charge in [-0.3, -0.25) is 0 Å². The molecule has 0 saturated carbocycles. The summed E-state index contributed by atoms with van der Waals surface area (Å²) in [7, 11) is 4.12. The number of hydrogen-bond donors (Lipinski definition) is 0. The van der Waals surface area contributed by atoms with Crippen LogP contribution >= 0.6 is 11.8 Å². The molecule has 0 bridgehead atoms. The van der Waals surface area contributed by atoms with Gasteiger partial charge in [-0.25, -0.2) is 0 Å². The van der Waals surface area contributed by atoms with Crippen LogP contribution in [-0.4, -0.2) is 24.2 Å². The van der Waals surface area contributed by atoms with Crippen LogP contribution in [0.15, 0.2) is 47.1 Å². The molecule has 1 aliphatic rings. The summed E-state index contributed by atoms with van der Waals surface area (Å²) >= 11 is 1.95. The molecular formula is C14H21NS. The molecule has 1 atom stereocenters. The Morgan fingerprint density at radius 3 is 2.75 bits per heavy atom. The van der Waals surface area contributed by atoms with Crippen molar-refractivity contribution in [1.82, 2.24) is 4.90 Å². The number of hydrogen-bond acceptors (Lipinski definition) is 2. The molecule has 0 aliphatic carbocycles. The van der Waals surface area contributed by atoms with Crippen LogP contribution in [0.4, 0.5) is 0 Å². The molecule has 16 heavy (non-hydrogen) atoms. The van der Waals surface area contributed by atoms with E-state index in [1.54, 1.807) is 0 Å². The Labute approximate surface area is 104 Å². The van der Waals surface area contributed by atoms with Crippen molar-refractivity contribution >= 4 is 11.8 Å². The molecule has 0 radical (unpaired) electrons. The standard InChI is InChI=1S/C14H21NS/c1-5-7-13(15(3)4)8-6-9-14-11-10-12(2)16-14/h5-9,11-12H,10H2,1-4H3/b7-5-,9-6+,13-8+. The van der Waals surface area contributed by atoms with E-state index in [1.165, 1.54) is 17.0 Å². The molecule has 1 rings (SSSR count). The van der Waals surface area contributed by atoms with Crippen molar-refractivity contribution in [1.29, 1.82) is 0 Å². The average Bonchev–Trinajstić information content (AvgIpc) is 2.63. The van der Waals surface area contributed by atoms with Crippen molar-refractivity contribution in [2.24, 2.45) is 0 Å². The third-order valence-corrected chi connectivity index (χ3v) is 3.54. The molecule has 2 heteroatoms. The summed E-state index contributed by atoms with van der Waals surface area (Å²) in [5, 5.41) is 0.743. The van der Waals surface area contributed by atoms with Crippen LogP contribution in [0.5, 0.6) is 0 Å². The molecule has 88 valence electrons. The monoisotopic (exact) mass is 235 g/mol. The number of allylic oxidation sites excluding steroid dienone is 6. The minimum atomic E-state index is 0.743. The number of thioether (sulfide) groups is 1. The fraction of sp³-hybridized carbons (Fsp3) is 0.429. The third kappa shape index (κ3) is 4.31. The summed E-state index contributed by atoms with van der Waals surface area (Å²) in [6.07, 6.45) is 14.2. The predicted octanol–water partition coefficient (Wildman–Crippen LogP) is 3.97. The van der Waals surface area contributed by atoms with E-state index in [0.717, 1.165) is 5.25 Å². The zero-order valence-electron chi connectivity index (χ0n) is 10.6. The van der Waals surface area contributed by atoms with E-state index in [4.69, 9.17) is 0 Å². The smallest absolute Gasteiger partial charge is 0.0357 e. The van der Waals surface area contributed by atoms with Crippen molar-refractivity contribution in [3.8, 4) is 0 Å². The summed E-state index contributed by atoms with van der Waals surface area (Å²) in [5.41, 5.74) is 1.22. The van der Waals surface area contributed by atoms with Gasteiger partial charge in [0.1, 0.15) is 0 Å². The Morgan fingerprint density at radius 2 is 2.25 bits per heavy atom. The van der Waals surface area contributed by atoms with Crippen LogP contribution in [0.2, 0.25) is 0 Å². The van der Waals surface area contributed by atoms with Gasteiger partial charge >= 0.3 is 0 Å². The number of likely N-dealkylation sites (N-methyl/N-ethyl adjacent to an activating group) is 1. The minimum Gasteiger partial charge on any atom is -0.378 e. The first-order chi connectivity index (χ1) is 7.63. The van der Waals surface area contributed by atoms with Crippen LogP contribution in [0, 0.1) is 0 Å². The molecule has 0 N–H and O–H groups in total. The van der Waals surface area contributed by atoms with Gasteiger partial charge in [0.2, 0.25) is 0 Å². The second kappa shape index (κ2) is 6.64. The van der Waals surface area contributed by atoms with Gasteiger partial charge in [-0.1, -0.05) is 25.2 Å². The minimum absolute atomic E-state index is 0.743. The Balaban J connectivity index is 2.59. The van der Waals surface area contributed by atoms with Crippen molar-refractivity contribution in [3.63, 3.8) is 0 Å². The van der Waals surface area contributed by atoms with Crippen LogP contribution in [-0.2, 0) is 0 Å². The van der Waals surface area contributed by atoms with Gasteiger partial charge in [0, 0.05) is 29.9 Å². The molecule has 0 aromatic carbocycles. The first-order valence-corrected chi connectivity index (χ1v) is 6.56. The number of nitrogens with zero attached hydrogens (tertiary/aromatic N) is 1. The molecule has 1 aliphatic heterocycles. The fourth-order valence-corrected chi connectivity index (χ4v) is 2.49. The molecule has 1 heterocycles. The third-order valence-electron chi connectivity index (χ3n) is 2.37. The summed E-state index contributed by atoms with van der Waals surface area (Å²) < 4.78 is 0. The largest absolute Gasteiger partial charge is 0.378 e. The van der Waals surface area contributed by atoms with E-state index in [1.807, 2.05) is 18.7 Å². The summed E-state index contributed by atoms with van der Waals surface area (Å²) in [5.74, 6) is 0. The van der Waals surface area contributed by atoms with E-state index >= 15 is 0 Å². The maximum absolute atomic E-state index is 2.31. The van der Waals surface area contributed by atoms with E-state index in [2.05, 4.69) is 62.4 Å². The SMILES string of the molecule is C\C=C/C(=C\C=C\C1=CCC(C)S1)N(C)C. The fourth-order valence-electron chi connectivity index (χ4n) is 1.48. The first kappa shape index (κ1) is 13.2. The van der Waals surface area contributed by atoms with Crippen molar-refractivity contribution in [3.05, 3.63) is 47.1 Å². The molecule has 1 nitrogen and oxygen atoms in total. The number of rotatable bonds is 4. The zero-order valence-corrected chi connectivity index (χ0v) is 11.4. The predicted molar refractivity (Wildman–Crippen MR) is 75.5 cm³/mol. The van der Waals surface area contributed by atoms with E-state index in [9.17, 15) is 0 Å². The highest BCUT2D eigenvalue weighted by molar-refractivity contribution is 8.04. The second-order valence-corrected chi connectivity index (χ2v) is 5.63. The second-order valence-electron chi connectivity index (χ2n) is 4.12. The lowest BCUT2D eigenvalue weighted by molar-refractivity contribution is 0.530. The van der Waals surface area contributed by atoms with Gasteiger partial charge in [0.25, 0.3) is 0 Å². The van der Waals surface area contributed by atoms with Gasteiger partial charge in [-0.2, -0.15) is 0 Å². The van der Waals surface area contributed by atoms with Gasteiger partial charge in [-0.05, 0) is 31.6 Å². The van der Waals surface area contributed by atoms with Crippen LogP contribution in [0.25, 0.3) is 0 Å². The van der Waals surface area contributed by atoms with Crippen molar-refractivity contribution in [2.45, 2.75) is 25.5 Å². The van der Waals surface area contributed by atoms with Gasteiger partial charge in [0.15, 0.2) is 0 Å². The highest BCUT2D eigenvalue weighted by atomic mass is 32.2. The quantitative estimate of drug-likeness (QED) is 0.678. The molecule has 0 saturated heterocycles. The van der Waals surface area contributed by atoms with Crippen LogP contribution in [0.1, 0.15) is 20.3 Å². The topological polar surface area (TPSA) is 3.24 Å².